The van der Waals surface area contributed by atoms with E-state index < -0.39 is 16.1 Å². The number of allylic oxidation sites excluding steroid dienone is 1. The lowest BCUT2D eigenvalue weighted by Gasteiger charge is -2.33. The molecule has 0 bridgehead atoms. The van der Waals surface area contributed by atoms with E-state index in [1.54, 1.807) is 22.5 Å². The Kier molecular flexibility index (Phi) is 10.7. The van der Waals surface area contributed by atoms with Crippen LogP contribution in [0.15, 0.2) is 58.6 Å². The highest BCUT2D eigenvalue weighted by atomic mass is 127. The molecule has 0 saturated carbocycles. The van der Waals surface area contributed by atoms with Gasteiger partial charge in [0, 0.05) is 68.2 Å². The molecule has 188 valence electrons. The maximum atomic E-state index is 13.9. The van der Waals surface area contributed by atoms with E-state index in [2.05, 4.69) is 67.8 Å². The molecule has 1 aliphatic carbocycles. The molecule has 1 aromatic carbocycles. The summed E-state index contributed by atoms with van der Waals surface area (Å²) in [6.07, 6.45) is 5.89. The van der Waals surface area contributed by atoms with E-state index in [4.69, 9.17) is 0 Å². The lowest BCUT2D eigenvalue weighted by molar-refractivity contribution is 0.265. The molecule has 1 heterocycles. The first kappa shape index (κ1) is 27.4. The summed E-state index contributed by atoms with van der Waals surface area (Å²) in [4.78, 5) is 13.5. The molecule has 0 radical (unpaired) electrons. The fourth-order valence-corrected chi connectivity index (χ4v) is 6.49. The van der Waals surface area contributed by atoms with E-state index in [-0.39, 0.29) is 17.0 Å². The summed E-state index contributed by atoms with van der Waals surface area (Å²) in [6.45, 7) is 8.48. The number of hydrogen-bond acceptors (Lipinski definition) is 7. The Balaban J connectivity index is 1.86. The van der Waals surface area contributed by atoms with Gasteiger partial charge in [-0.15, -0.1) is 0 Å². The van der Waals surface area contributed by atoms with Crippen molar-refractivity contribution in [3.63, 3.8) is 0 Å². The van der Waals surface area contributed by atoms with Gasteiger partial charge in [-0.3, -0.25) is 8.43 Å². The Hall–Kier alpha value is -1.18. The predicted octanol–water partition coefficient (Wildman–Crippen LogP) is 3.43. The van der Waals surface area contributed by atoms with E-state index in [1.807, 2.05) is 18.2 Å². The Morgan fingerprint density at radius 1 is 1.21 bits per heavy atom. The van der Waals surface area contributed by atoms with Crippen LogP contribution in [0.2, 0.25) is 0 Å². The van der Waals surface area contributed by atoms with Gasteiger partial charge < -0.3 is 5.32 Å². The average Bonchev–Trinajstić information content (AvgIpc) is 3.21. The SMILES string of the molecule is CC(C)CCN([C@@H]1CN(Cc2ccccc2)C[C@H]1NCCNI)S(=O)(=O)C1=CCC(N=O)C=C1. The third kappa shape index (κ3) is 7.41. The first-order valence-electron chi connectivity index (χ1n) is 11.9. The van der Waals surface area contributed by atoms with Crippen LogP contribution in [-0.4, -0.2) is 68.5 Å². The Morgan fingerprint density at radius 2 is 1.97 bits per heavy atom. The molecule has 34 heavy (non-hydrogen) atoms. The first-order valence-corrected chi connectivity index (χ1v) is 14.4. The van der Waals surface area contributed by atoms with Crippen LogP contribution in [0.5, 0.6) is 0 Å². The normalized spacial score (nSPS) is 23.6. The Morgan fingerprint density at radius 3 is 2.59 bits per heavy atom. The summed E-state index contributed by atoms with van der Waals surface area (Å²) in [5.74, 6) is 0.383. The number of nitrogens with zero attached hydrogens (tertiary/aromatic N) is 3. The molecule has 10 heteroatoms. The third-order valence-electron chi connectivity index (χ3n) is 6.32. The quantitative estimate of drug-likeness (QED) is 0.156. The zero-order chi connectivity index (χ0) is 24.6. The van der Waals surface area contributed by atoms with E-state index in [0.717, 1.165) is 32.6 Å². The van der Waals surface area contributed by atoms with E-state index in [0.29, 0.717) is 25.4 Å². The smallest absolute Gasteiger partial charge is 0.243 e. The zero-order valence-electron chi connectivity index (χ0n) is 19.9. The van der Waals surface area contributed by atoms with Gasteiger partial charge in [0.05, 0.1) is 10.9 Å². The summed E-state index contributed by atoms with van der Waals surface area (Å²) < 4.78 is 32.6. The van der Waals surface area contributed by atoms with Crippen molar-refractivity contribution in [2.45, 2.75) is 51.4 Å². The monoisotopic (exact) mass is 601 g/mol. The number of rotatable bonds is 13. The van der Waals surface area contributed by atoms with Crippen molar-refractivity contribution in [1.82, 2.24) is 18.1 Å². The summed E-state index contributed by atoms with van der Waals surface area (Å²) in [5, 5.41) is 6.64. The molecule has 0 spiro atoms. The van der Waals surface area contributed by atoms with Crippen molar-refractivity contribution in [2.24, 2.45) is 11.1 Å². The van der Waals surface area contributed by atoms with Crippen LogP contribution in [0.4, 0.5) is 0 Å². The lowest BCUT2D eigenvalue weighted by atomic mass is 10.1. The van der Waals surface area contributed by atoms with Crippen LogP contribution in [0.3, 0.4) is 0 Å². The van der Waals surface area contributed by atoms with Gasteiger partial charge in [0.15, 0.2) is 0 Å². The molecule has 1 aromatic rings. The largest absolute Gasteiger partial charge is 0.310 e. The van der Waals surface area contributed by atoms with Gasteiger partial charge in [0.25, 0.3) is 0 Å². The lowest BCUT2D eigenvalue weighted by Crippen LogP contribution is -2.53. The van der Waals surface area contributed by atoms with Crippen LogP contribution < -0.4 is 8.85 Å². The fraction of sp³-hybridized carbons (Fsp3) is 0.583. The first-order chi connectivity index (χ1) is 16.3. The standard InChI is InChI=1S/C24H36IN5O3S/c1-19(2)12-15-30(34(32,33)22-10-8-21(28-31)9-11-22)24-18-29(16-20-6-4-3-5-7-20)17-23(24)26-13-14-27-25/h3-8,10-11,19,21,23-24,26-27H,9,12-18H2,1-2H3/t21?,23-,24-/m1/s1. The topological polar surface area (TPSA) is 94.1 Å². The van der Waals surface area contributed by atoms with Crippen molar-refractivity contribution in [2.75, 3.05) is 32.7 Å². The number of likely N-dealkylation sites (tertiary alicyclic amines) is 1. The fourth-order valence-electron chi connectivity index (χ4n) is 4.48. The van der Waals surface area contributed by atoms with Gasteiger partial charge in [-0.05, 0) is 30.4 Å². The second-order valence-corrected chi connectivity index (χ2v) is 12.0. The molecule has 8 nitrogen and oxygen atoms in total. The molecule has 0 aromatic heterocycles. The van der Waals surface area contributed by atoms with Crippen LogP contribution in [-0.2, 0) is 16.6 Å². The van der Waals surface area contributed by atoms with Crippen molar-refractivity contribution in [1.29, 1.82) is 0 Å². The van der Waals surface area contributed by atoms with Crippen LogP contribution >= 0.6 is 22.9 Å². The maximum Gasteiger partial charge on any atom is 0.243 e. The second kappa shape index (κ2) is 13.2. The summed E-state index contributed by atoms with van der Waals surface area (Å²) >= 11 is 2.13. The number of hydrogen-bond donors (Lipinski definition) is 2. The van der Waals surface area contributed by atoms with Crippen molar-refractivity contribution in [3.05, 3.63) is 63.9 Å². The van der Waals surface area contributed by atoms with E-state index in [1.165, 1.54) is 5.56 Å². The molecule has 3 rings (SSSR count). The molecular formula is C24H36IN5O3S. The molecule has 2 N–H and O–H groups in total. The summed E-state index contributed by atoms with van der Waals surface area (Å²) in [6, 6.07) is 9.64. The number of nitroso groups, excluding NO2 is 1. The van der Waals surface area contributed by atoms with E-state index in [9.17, 15) is 13.3 Å². The van der Waals surface area contributed by atoms with Crippen LogP contribution in [0, 0.1) is 10.8 Å². The van der Waals surface area contributed by atoms with E-state index >= 15 is 0 Å². The van der Waals surface area contributed by atoms with Crippen LogP contribution in [0.1, 0.15) is 32.3 Å². The maximum absolute atomic E-state index is 13.9. The summed E-state index contributed by atoms with van der Waals surface area (Å²) in [7, 11) is -3.71. The minimum absolute atomic E-state index is 0.0213. The van der Waals surface area contributed by atoms with Crippen molar-refractivity contribution >= 4 is 32.9 Å². The van der Waals surface area contributed by atoms with Gasteiger partial charge in [0.1, 0.15) is 6.04 Å². The highest BCUT2D eigenvalue weighted by Crippen LogP contribution is 2.28. The van der Waals surface area contributed by atoms with Gasteiger partial charge in [-0.25, -0.2) is 8.42 Å². The third-order valence-corrected chi connectivity index (χ3v) is 8.83. The number of benzene rings is 1. The minimum atomic E-state index is -3.71. The molecule has 1 unspecified atom stereocenters. The minimum Gasteiger partial charge on any atom is -0.310 e. The molecule has 3 atom stereocenters. The predicted molar refractivity (Wildman–Crippen MR) is 146 cm³/mol. The summed E-state index contributed by atoms with van der Waals surface area (Å²) in [5.41, 5.74) is 1.22. The zero-order valence-corrected chi connectivity index (χ0v) is 22.9. The van der Waals surface area contributed by atoms with Crippen molar-refractivity contribution < 1.29 is 8.42 Å². The molecule has 1 aliphatic heterocycles. The number of halogens is 1. The number of sulfonamides is 1. The molecule has 0 amide bonds. The molecule has 1 fully saturated rings. The highest BCUT2D eigenvalue weighted by Gasteiger charge is 2.42. The Labute approximate surface area is 217 Å². The van der Waals surface area contributed by atoms with Gasteiger partial charge >= 0.3 is 0 Å². The average molecular weight is 602 g/mol. The van der Waals surface area contributed by atoms with Crippen LogP contribution in [0.25, 0.3) is 0 Å². The number of nitrogens with one attached hydrogen (secondary N) is 2. The van der Waals surface area contributed by atoms with Gasteiger partial charge in [-0.2, -0.15) is 9.21 Å². The molecule has 1 saturated heterocycles. The molecular weight excluding hydrogens is 565 g/mol. The van der Waals surface area contributed by atoms with Crippen molar-refractivity contribution in [3.8, 4) is 0 Å². The second-order valence-electron chi connectivity index (χ2n) is 9.36. The van der Waals surface area contributed by atoms with Gasteiger partial charge in [0.2, 0.25) is 10.0 Å². The van der Waals surface area contributed by atoms with Gasteiger partial charge in [-0.1, -0.05) is 61.5 Å². The highest BCUT2D eigenvalue weighted by molar-refractivity contribution is 14.1. The Bertz CT molecular complexity index is 955. The molecule has 2 aliphatic rings.